The van der Waals surface area contributed by atoms with E-state index >= 15 is 0 Å². The van der Waals surface area contributed by atoms with Gasteiger partial charge in [0, 0.05) is 51.2 Å². The van der Waals surface area contributed by atoms with Crippen molar-refractivity contribution in [1.29, 1.82) is 0 Å². The van der Waals surface area contributed by atoms with Crippen LogP contribution in [0.15, 0.2) is 17.1 Å². The van der Waals surface area contributed by atoms with Gasteiger partial charge in [-0.3, -0.25) is 9.79 Å². The van der Waals surface area contributed by atoms with Crippen molar-refractivity contribution in [3.8, 4) is 0 Å². The zero-order valence-electron chi connectivity index (χ0n) is 17.0. The van der Waals surface area contributed by atoms with Crippen molar-refractivity contribution in [2.75, 3.05) is 50.0 Å². The molecule has 2 N–H and O–H groups in total. The van der Waals surface area contributed by atoms with Crippen LogP contribution in [0.25, 0.3) is 0 Å². The second-order valence-corrected chi connectivity index (χ2v) is 7.22. The van der Waals surface area contributed by atoms with Gasteiger partial charge in [-0.05, 0) is 12.1 Å². The van der Waals surface area contributed by atoms with Gasteiger partial charge < -0.3 is 20.4 Å². The third kappa shape index (κ3) is 6.18. The fourth-order valence-electron chi connectivity index (χ4n) is 2.93. The largest absolute Gasteiger partial charge is 0.347 e. The molecule has 1 aromatic heterocycles. The lowest BCUT2D eigenvalue weighted by Gasteiger charge is -2.36. The van der Waals surface area contributed by atoms with Crippen molar-refractivity contribution < 1.29 is 18.0 Å². The summed E-state index contributed by atoms with van der Waals surface area (Å²) in [6, 6.07) is 1.72. The molecule has 2 heterocycles. The first-order chi connectivity index (χ1) is 14.4. The van der Waals surface area contributed by atoms with Crippen LogP contribution in [0.4, 0.5) is 24.0 Å². The van der Waals surface area contributed by atoms with Gasteiger partial charge in [-0.25, -0.2) is 18.2 Å². The molecule has 1 amide bonds. The number of aryl methyl sites for hydroxylation is 1. The molecule has 0 saturated carbocycles. The highest BCUT2D eigenvalue weighted by Gasteiger charge is 2.22. The maximum absolute atomic E-state index is 13.7. The van der Waals surface area contributed by atoms with Crippen molar-refractivity contribution >= 4 is 58.2 Å². The summed E-state index contributed by atoms with van der Waals surface area (Å²) in [5.74, 6) is -3.65. The molecule has 0 spiro atoms. The van der Waals surface area contributed by atoms with E-state index < -0.39 is 29.0 Å². The van der Waals surface area contributed by atoms with Gasteiger partial charge in [0.1, 0.15) is 5.82 Å². The number of nitrogens with zero attached hydrogens (tertiary/aromatic N) is 5. The molecule has 0 atom stereocenters. The van der Waals surface area contributed by atoms with Gasteiger partial charge in [-0.2, -0.15) is 4.37 Å². The van der Waals surface area contributed by atoms with Gasteiger partial charge in [0.15, 0.2) is 23.4 Å². The minimum atomic E-state index is -1.63. The lowest BCUT2D eigenvalue weighted by molar-refractivity contribution is -0.115. The van der Waals surface area contributed by atoms with E-state index in [1.165, 1.54) is 11.5 Å². The predicted molar refractivity (Wildman–Crippen MR) is 125 cm³/mol. The molecule has 3 rings (SSSR count). The maximum Gasteiger partial charge on any atom is 0.243 e. The zero-order chi connectivity index (χ0) is 21.7. The van der Waals surface area contributed by atoms with E-state index in [2.05, 4.69) is 29.9 Å². The van der Waals surface area contributed by atoms with E-state index in [0.29, 0.717) is 19.0 Å². The average molecular weight is 569 g/mol. The van der Waals surface area contributed by atoms with Crippen LogP contribution in [0.1, 0.15) is 12.7 Å². The molecule has 1 fully saturated rings. The number of halogens is 4. The van der Waals surface area contributed by atoms with Crippen LogP contribution >= 0.6 is 35.5 Å². The first-order valence-electron chi connectivity index (χ1n) is 9.39. The Morgan fingerprint density at radius 2 is 1.90 bits per heavy atom. The number of guanidine groups is 1. The first kappa shape index (κ1) is 25.1. The number of anilines is 2. The summed E-state index contributed by atoms with van der Waals surface area (Å²) in [7, 11) is 1.60. The van der Waals surface area contributed by atoms with Crippen molar-refractivity contribution in [1.82, 2.24) is 19.6 Å². The third-order valence-electron chi connectivity index (χ3n) is 4.55. The molecule has 0 aliphatic carbocycles. The number of carbonyl (C=O) groups excluding carboxylic acids is 1. The normalized spacial score (nSPS) is 14.3. The smallest absolute Gasteiger partial charge is 0.243 e. The Balaban J connectivity index is 0.00000341. The minimum absolute atomic E-state index is 0. The van der Waals surface area contributed by atoms with Crippen LogP contribution < -0.4 is 15.5 Å². The third-order valence-corrected chi connectivity index (χ3v) is 5.37. The summed E-state index contributed by atoms with van der Waals surface area (Å²) in [6.07, 6.45) is 0.795. The first-order valence-corrected chi connectivity index (χ1v) is 10.2. The Kier molecular flexibility index (Phi) is 9.28. The lowest BCUT2D eigenvalue weighted by Crippen LogP contribution is -2.53. The molecule has 8 nitrogen and oxygen atoms in total. The van der Waals surface area contributed by atoms with Crippen LogP contribution in [0.2, 0.25) is 0 Å². The van der Waals surface area contributed by atoms with Gasteiger partial charge >= 0.3 is 0 Å². The molecule has 0 unspecified atom stereocenters. The number of carbonyl (C=O) groups is 1. The molecule has 2 aromatic rings. The number of aromatic nitrogens is 2. The lowest BCUT2D eigenvalue weighted by atomic mass is 10.2. The highest BCUT2D eigenvalue weighted by Crippen LogP contribution is 2.20. The number of rotatable bonds is 5. The van der Waals surface area contributed by atoms with Crippen LogP contribution in [0, 0.1) is 17.5 Å². The fraction of sp³-hybridized carbons (Fsp3) is 0.444. The van der Waals surface area contributed by atoms with Gasteiger partial charge in [-0.1, -0.05) is 6.92 Å². The van der Waals surface area contributed by atoms with Crippen LogP contribution in [0.5, 0.6) is 0 Å². The van der Waals surface area contributed by atoms with Gasteiger partial charge in [0.05, 0.1) is 12.2 Å². The number of benzene rings is 1. The molecule has 170 valence electrons. The maximum atomic E-state index is 13.7. The van der Waals surface area contributed by atoms with Crippen molar-refractivity contribution in [3.63, 3.8) is 0 Å². The molecule has 1 aliphatic rings. The fourth-order valence-corrected chi connectivity index (χ4v) is 3.74. The molecule has 13 heteroatoms. The van der Waals surface area contributed by atoms with E-state index in [9.17, 15) is 18.0 Å². The summed E-state index contributed by atoms with van der Waals surface area (Å²) in [4.78, 5) is 24.9. The van der Waals surface area contributed by atoms with Gasteiger partial charge in [0.25, 0.3) is 0 Å². The van der Waals surface area contributed by atoms with Crippen molar-refractivity contribution in [2.45, 2.75) is 13.3 Å². The average Bonchev–Trinajstić information content (AvgIpc) is 3.24. The topological polar surface area (TPSA) is 85.8 Å². The van der Waals surface area contributed by atoms with E-state index in [1.807, 2.05) is 11.8 Å². The molecule has 0 bridgehead atoms. The molecule has 1 aliphatic heterocycles. The Morgan fingerprint density at radius 3 is 2.52 bits per heavy atom. The summed E-state index contributed by atoms with van der Waals surface area (Å²) in [5.41, 5.74) is -0.423. The number of aliphatic imine (C=N–C) groups is 1. The minimum Gasteiger partial charge on any atom is -0.347 e. The summed E-state index contributed by atoms with van der Waals surface area (Å²) in [6.45, 7) is 4.59. The van der Waals surface area contributed by atoms with Gasteiger partial charge in [-0.15, -0.1) is 24.0 Å². The molecule has 1 saturated heterocycles. The zero-order valence-corrected chi connectivity index (χ0v) is 20.1. The Hall–Kier alpha value is -2.16. The second kappa shape index (κ2) is 11.5. The van der Waals surface area contributed by atoms with Crippen molar-refractivity contribution in [2.24, 2.45) is 4.99 Å². The van der Waals surface area contributed by atoms with E-state index in [-0.39, 0.29) is 30.5 Å². The summed E-state index contributed by atoms with van der Waals surface area (Å²) >= 11 is 1.38. The van der Waals surface area contributed by atoms with E-state index in [0.717, 1.165) is 42.6 Å². The standard InChI is InChI=1S/C18H22F3N7OS.HI/c1-3-13-25-18(30-26-13)28-8-6-27(7-9-28)17(22-2)23-10-14(29)24-12-5-4-11(19)15(20)16(12)21;/h4-5H,3,6-10H2,1-2H3,(H,22,23)(H,24,29);1H. The predicted octanol–water partition coefficient (Wildman–Crippen LogP) is 2.47. The van der Waals surface area contributed by atoms with Crippen molar-refractivity contribution in [3.05, 3.63) is 35.4 Å². The summed E-state index contributed by atoms with van der Waals surface area (Å²) < 4.78 is 44.2. The number of amides is 1. The molecule has 1 aromatic carbocycles. The quantitative estimate of drug-likeness (QED) is 0.249. The second-order valence-electron chi connectivity index (χ2n) is 6.49. The highest BCUT2D eigenvalue weighted by atomic mass is 127. The van der Waals surface area contributed by atoms with Crippen LogP contribution in [-0.4, -0.2) is 65.9 Å². The molecular formula is C18H23F3IN7OS. The Bertz CT molecular complexity index is 935. The Labute approximate surface area is 199 Å². The summed E-state index contributed by atoms with van der Waals surface area (Å²) in [5, 5.41) is 6.01. The highest BCUT2D eigenvalue weighted by molar-refractivity contribution is 14.0. The monoisotopic (exact) mass is 569 g/mol. The number of hydrogen-bond acceptors (Lipinski definition) is 6. The van der Waals surface area contributed by atoms with Crippen LogP contribution in [-0.2, 0) is 11.2 Å². The SMILES string of the molecule is CCc1nsc(N2CCN(C(=NC)NCC(=O)Nc3ccc(F)c(F)c3F)CC2)n1.I. The molecule has 31 heavy (non-hydrogen) atoms. The van der Waals surface area contributed by atoms with Gasteiger partial charge in [0.2, 0.25) is 11.0 Å². The van der Waals surface area contributed by atoms with E-state index in [4.69, 9.17) is 0 Å². The molecular weight excluding hydrogens is 546 g/mol. The number of hydrogen-bond donors (Lipinski definition) is 2. The van der Waals surface area contributed by atoms with E-state index in [1.54, 1.807) is 7.05 Å². The number of nitrogens with one attached hydrogen (secondary N) is 2. The van der Waals surface area contributed by atoms with Crippen LogP contribution in [0.3, 0.4) is 0 Å². The molecule has 0 radical (unpaired) electrons. The number of piperazine rings is 1. The Morgan fingerprint density at radius 1 is 1.19 bits per heavy atom.